The minimum atomic E-state index is -0.815. The van der Waals surface area contributed by atoms with E-state index in [1.165, 1.54) is 135 Å². The van der Waals surface area contributed by atoms with E-state index in [0.717, 1.165) is 116 Å². The molecule has 0 fully saturated rings. The van der Waals surface area contributed by atoms with Gasteiger partial charge in [-0.25, -0.2) is 0 Å². The molecule has 6 heteroatoms. The van der Waals surface area contributed by atoms with Crippen LogP contribution in [0.25, 0.3) is 0 Å². The predicted molar refractivity (Wildman–Crippen MR) is 357 cm³/mol. The van der Waals surface area contributed by atoms with E-state index in [1.807, 2.05) is 0 Å². The summed E-state index contributed by atoms with van der Waals surface area (Å²) < 4.78 is 16.9. The van der Waals surface area contributed by atoms with Crippen molar-refractivity contribution in [2.75, 3.05) is 13.2 Å². The van der Waals surface area contributed by atoms with E-state index >= 15 is 0 Å². The van der Waals surface area contributed by atoms with Crippen molar-refractivity contribution in [3.63, 3.8) is 0 Å². The summed E-state index contributed by atoms with van der Waals surface area (Å²) in [5.41, 5.74) is 0. The summed E-state index contributed by atoms with van der Waals surface area (Å²) in [5.74, 6) is -0.976. The van der Waals surface area contributed by atoms with Gasteiger partial charge in [0.15, 0.2) is 6.10 Å². The molecule has 0 amide bonds. The summed E-state index contributed by atoms with van der Waals surface area (Å²) in [5, 5.41) is 0. The quantitative estimate of drug-likeness (QED) is 0.0261. The van der Waals surface area contributed by atoms with E-state index in [1.54, 1.807) is 0 Å². The maximum Gasteiger partial charge on any atom is 0.306 e. The molecule has 0 saturated carbocycles. The fraction of sp³-hybridized carbons (Fsp3) is 0.645. The third kappa shape index (κ3) is 66.1. The van der Waals surface area contributed by atoms with Crippen LogP contribution in [0.5, 0.6) is 0 Å². The number of ether oxygens (including phenoxy) is 3. The van der Waals surface area contributed by atoms with Gasteiger partial charge in [-0.05, 0) is 141 Å². The zero-order valence-electron chi connectivity index (χ0n) is 53.2. The highest BCUT2D eigenvalue weighted by Crippen LogP contribution is 2.15. The zero-order chi connectivity index (χ0) is 59.2. The van der Waals surface area contributed by atoms with Crippen LogP contribution in [0.1, 0.15) is 297 Å². The Kier molecular flexibility index (Phi) is 64.8. The molecule has 0 aromatic carbocycles. The van der Waals surface area contributed by atoms with Crippen LogP contribution in [0.3, 0.4) is 0 Å². The number of carbonyl (C=O) groups excluding carboxylic acids is 3. The average Bonchev–Trinajstić information content (AvgIpc) is 3.47. The fourth-order valence-corrected chi connectivity index (χ4v) is 9.00. The molecule has 0 aliphatic carbocycles. The van der Waals surface area contributed by atoms with Crippen LogP contribution < -0.4 is 0 Å². The lowest BCUT2D eigenvalue weighted by Crippen LogP contribution is -2.30. The van der Waals surface area contributed by atoms with Crippen molar-refractivity contribution in [3.8, 4) is 0 Å². The second-order valence-corrected chi connectivity index (χ2v) is 22.0. The minimum Gasteiger partial charge on any atom is -0.462 e. The Morgan fingerprint density at radius 1 is 0.256 bits per heavy atom. The number of esters is 3. The lowest BCUT2D eigenvalue weighted by molar-refractivity contribution is -0.167. The molecule has 0 aliphatic rings. The molecule has 0 radical (unpaired) electrons. The van der Waals surface area contributed by atoms with Crippen molar-refractivity contribution >= 4 is 17.9 Å². The molecule has 1 atom stereocenters. The summed E-state index contributed by atoms with van der Waals surface area (Å²) in [4.78, 5) is 38.4. The molecule has 1 unspecified atom stereocenters. The van der Waals surface area contributed by atoms with Crippen molar-refractivity contribution in [3.05, 3.63) is 146 Å². The number of allylic oxidation sites excluding steroid dienone is 24. The van der Waals surface area contributed by atoms with Gasteiger partial charge in [0.05, 0.1) is 0 Å². The molecular formula is C76H124O6. The number of carbonyl (C=O) groups is 3. The van der Waals surface area contributed by atoms with Gasteiger partial charge in [-0.3, -0.25) is 14.4 Å². The first kappa shape index (κ1) is 77.3. The van der Waals surface area contributed by atoms with Gasteiger partial charge in [0.1, 0.15) is 13.2 Å². The smallest absolute Gasteiger partial charge is 0.306 e. The molecule has 0 N–H and O–H groups in total. The van der Waals surface area contributed by atoms with Crippen molar-refractivity contribution in [2.24, 2.45) is 0 Å². The first-order valence-corrected chi connectivity index (χ1v) is 33.8. The molecule has 0 aromatic heterocycles. The molecule has 0 bridgehead atoms. The van der Waals surface area contributed by atoms with Gasteiger partial charge >= 0.3 is 17.9 Å². The van der Waals surface area contributed by atoms with Gasteiger partial charge in [0.25, 0.3) is 0 Å². The van der Waals surface area contributed by atoms with E-state index in [9.17, 15) is 14.4 Å². The fourth-order valence-electron chi connectivity index (χ4n) is 9.00. The van der Waals surface area contributed by atoms with Crippen LogP contribution in [0, 0.1) is 0 Å². The molecule has 0 saturated heterocycles. The Labute approximate surface area is 506 Å². The maximum atomic E-state index is 12.9. The van der Waals surface area contributed by atoms with Crippen molar-refractivity contribution in [1.82, 2.24) is 0 Å². The standard InChI is InChI=1S/C76H124O6/c1-4-7-10-13-16-19-22-25-28-31-33-34-35-36-37-38-39-40-41-42-43-46-48-51-54-57-60-63-66-69-75(78)81-72-73(71-80-74(77)68-65-62-59-56-53-50-47-44-30-27-24-21-18-15-12-9-6-3)82-76(79)70-67-64-61-58-55-52-49-45-32-29-26-23-20-17-14-11-8-5-2/h7,10,16,18-19,21,25,27-30,32-34,36-37,39-40,42-43,48,51,57,60,73H,4-6,8-9,11-15,17,20,22-24,26,31,35,38,41,44-47,49-50,52-56,58-59,61-72H2,1-3H3/b10-7-,19-16-,21-18-,28-25-,30-27-,32-29-,34-33-,37-36-,40-39-,43-42-,51-48-,60-57-. The highest BCUT2D eigenvalue weighted by Gasteiger charge is 2.19. The Morgan fingerprint density at radius 2 is 0.488 bits per heavy atom. The first-order chi connectivity index (χ1) is 40.5. The van der Waals surface area contributed by atoms with E-state index in [0.29, 0.717) is 19.3 Å². The molecule has 0 rings (SSSR count). The largest absolute Gasteiger partial charge is 0.462 e. The van der Waals surface area contributed by atoms with E-state index in [4.69, 9.17) is 14.2 Å². The normalized spacial score (nSPS) is 13.1. The Morgan fingerprint density at radius 3 is 0.829 bits per heavy atom. The number of hydrogen-bond donors (Lipinski definition) is 0. The van der Waals surface area contributed by atoms with E-state index in [-0.39, 0.29) is 37.5 Å². The van der Waals surface area contributed by atoms with Gasteiger partial charge < -0.3 is 14.2 Å². The first-order valence-electron chi connectivity index (χ1n) is 33.8. The van der Waals surface area contributed by atoms with Crippen molar-refractivity contribution in [1.29, 1.82) is 0 Å². The second kappa shape index (κ2) is 68.8. The van der Waals surface area contributed by atoms with Gasteiger partial charge in [-0.2, -0.15) is 0 Å². The highest BCUT2D eigenvalue weighted by atomic mass is 16.6. The number of rotatable bonds is 60. The minimum absolute atomic E-state index is 0.106. The molecule has 0 aromatic rings. The van der Waals surface area contributed by atoms with Crippen LogP contribution >= 0.6 is 0 Å². The third-order valence-electron chi connectivity index (χ3n) is 14.0. The van der Waals surface area contributed by atoms with Gasteiger partial charge in [-0.1, -0.05) is 282 Å². The molecule has 0 heterocycles. The highest BCUT2D eigenvalue weighted by molar-refractivity contribution is 5.71. The summed E-state index contributed by atoms with van der Waals surface area (Å²) >= 11 is 0. The monoisotopic (exact) mass is 1130 g/mol. The molecule has 464 valence electrons. The van der Waals surface area contributed by atoms with E-state index in [2.05, 4.69) is 167 Å². The van der Waals surface area contributed by atoms with Crippen LogP contribution in [-0.4, -0.2) is 37.2 Å². The SMILES string of the molecule is CC/C=C\C/C=C\C/C=C\C/C=C\C/C=C\C/C=C\C/C=C\C/C=C\C/C=C\CCCC(=O)OCC(COC(=O)CCCCCCCCC/C=C\C/C=C\CCCCC)OC(=O)CCCCCCCCC/C=C\CCCCCCCCC. The molecule has 82 heavy (non-hydrogen) atoms. The van der Waals surface area contributed by atoms with Crippen LogP contribution in [0.15, 0.2) is 146 Å². The Balaban J connectivity index is 4.49. The molecule has 0 spiro atoms. The van der Waals surface area contributed by atoms with Crippen LogP contribution in [-0.2, 0) is 28.6 Å². The van der Waals surface area contributed by atoms with Gasteiger partial charge in [-0.15, -0.1) is 0 Å². The van der Waals surface area contributed by atoms with Crippen LogP contribution in [0.4, 0.5) is 0 Å². The van der Waals surface area contributed by atoms with Gasteiger partial charge in [0.2, 0.25) is 0 Å². The number of hydrogen-bond acceptors (Lipinski definition) is 6. The van der Waals surface area contributed by atoms with E-state index < -0.39 is 6.10 Å². The Hall–Kier alpha value is -4.71. The lowest BCUT2D eigenvalue weighted by Gasteiger charge is -2.18. The lowest BCUT2D eigenvalue weighted by atomic mass is 10.1. The van der Waals surface area contributed by atoms with Crippen molar-refractivity contribution in [2.45, 2.75) is 303 Å². The predicted octanol–water partition coefficient (Wildman–Crippen LogP) is 23.5. The Bertz CT molecular complexity index is 1780. The summed E-state index contributed by atoms with van der Waals surface area (Å²) in [7, 11) is 0. The van der Waals surface area contributed by atoms with Crippen LogP contribution in [0.2, 0.25) is 0 Å². The zero-order valence-corrected chi connectivity index (χ0v) is 53.2. The second-order valence-electron chi connectivity index (χ2n) is 22.0. The molecule has 6 nitrogen and oxygen atoms in total. The summed E-state index contributed by atoms with van der Waals surface area (Å²) in [6, 6.07) is 0. The topological polar surface area (TPSA) is 78.9 Å². The van der Waals surface area contributed by atoms with Gasteiger partial charge in [0, 0.05) is 19.3 Å². The number of unbranched alkanes of at least 4 members (excludes halogenated alkanes) is 25. The maximum absolute atomic E-state index is 12.9. The summed E-state index contributed by atoms with van der Waals surface area (Å²) in [6.45, 7) is 6.46. The molecular weight excluding hydrogens is 1010 g/mol. The van der Waals surface area contributed by atoms with Crippen molar-refractivity contribution < 1.29 is 28.6 Å². The average molecular weight is 1130 g/mol. The molecule has 0 aliphatic heterocycles. The third-order valence-corrected chi connectivity index (χ3v) is 14.0. The summed E-state index contributed by atoms with van der Waals surface area (Å²) in [6.07, 6.45) is 98.6.